The molecule has 0 radical (unpaired) electrons. The molecule has 1 aliphatic heterocycles. The van der Waals surface area contributed by atoms with Crippen molar-refractivity contribution in [2.24, 2.45) is 0 Å². The van der Waals surface area contributed by atoms with Crippen molar-refractivity contribution in [3.05, 3.63) is 71.8 Å². The molecule has 1 fully saturated rings. The molecule has 2 atom stereocenters. The third kappa shape index (κ3) is 11.5. The van der Waals surface area contributed by atoms with Gasteiger partial charge in [-0.2, -0.15) is 0 Å². The lowest BCUT2D eigenvalue weighted by atomic mass is 10.1. The van der Waals surface area contributed by atoms with E-state index in [0.717, 1.165) is 11.1 Å². The van der Waals surface area contributed by atoms with Crippen LogP contribution in [0.25, 0.3) is 0 Å². The SMILES string of the molecule is CC(C)(C)OC(=O)N1COC(=O)[C@@H]1Cc1ccccc1.CC(C)(C)OC(=O)N[C@@H](Cc1ccccc1)C(=O)O. The fraction of sp³-hybridized carbons (Fsp3) is 0.448. The molecule has 0 spiro atoms. The molecular formula is C29H38N2O8. The first-order valence-electron chi connectivity index (χ1n) is 12.6. The zero-order valence-corrected chi connectivity index (χ0v) is 23.3. The summed E-state index contributed by atoms with van der Waals surface area (Å²) in [6.07, 6.45) is -0.603. The lowest BCUT2D eigenvalue weighted by Gasteiger charge is -2.25. The summed E-state index contributed by atoms with van der Waals surface area (Å²) < 4.78 is 15.3. The van der Waals surface area contributed by atoms with Crippen molar-refractivity contribution in [2.75, 3.05) is 6.73 Å². The van der Waals surface area contributed by atoms with Gasteiger partial charge in [-0.25, -0.2) is 19.2 Å². The molecule has 0 unspecified atom stereocenters. The Morgan fingerprint density at radius 2 is 1.44 bits per heavy atom. The molecule has 3 rings (SSSR count). The number of nitrogens with one attached hydrogen (secondary N) is 1. The van der Waals surface area contributed by atoms with Crippen LogP contribution in [-0.2, 0) is 36.6 Å². The minimum absolute atomic E-state index is 0.0504. The average molecular weight is 543 g/mol. The molecule has 2 N–H and O–H groups in total. The Morgan fingerprint density at radius 1 is 0.923 bits per heavy atom. The van der Waals surface area contributed by atoms with E-state index in [1.807, 2.05) is 60.7 Å². The number of hydrogen-bond donors (Lipinski definition) is 2. The second kappa shape index (κ2) is 13.6. The van der Waals surface area contributed by atoms with Gasteiger partial charge in [0, 0.05) is 12.8 Å². The number of hydrogen-bond acceptors (Lipinski definition) is 7. The van der Waals surface area contributed by atoms with Crippen molar-refractivity contribution in [2.45, 2.75) is 77.7 Å². The molecule has 2 amide bonds. The van der Waals surface area contributed by atoms with E-state index in [2.05, 4.69) is 5.32 Å². The maximum atomic E-state index is 12.1. The number of carboxylic acids is 1. The molecule has 0 bridgehead atoms. The molecule has 2 aromatic carbocycles. The quantitative estimate of drug-likeness (QED) is 0.401. The van der Waals surface area contributed by atoms with Gasteiger partial charge in [-0.1, -0.05) is 60.7 Å². The van der Waals surface area contributed by atoms with Crippen LogP contribution in [0.2, 0.25) is 0 Å². The van der Waals surface area contributed by atoms with Gasteiger partial charge in [-0.3, -0.25) is 4.90 Å². The Bertz CT molecular complexity index is 1110. The molecule has 2 aromatic rings. The van der Waals surface area contributed by atoms with Gasteiger partial charge < -0.3 is 24.6 Å². The van der Waals surface area contributed by atoms with Crippen LogP contribution in [0.15, 0.2) is 60.7 Å². The second-order valence-corrected chi connectivity index (χ2v) is 11.0. The van der Waals surface area contributed by atoms with E-state index in [1.165, 1.54) is 4.90 Å². The van der Waals surface area contributed by atoms with Gasteiger partial charge in [-0.05, 0) is 52.7 Å². The number of ether oxygens (including phenoxy) is 3. The van der Waals surface area contributed by atoms with Gasteiger partial charge in [0.2, 0.25) is 0 Å². The molecule has 10 nitrogen and oxygen atoms in total. The fourth-order valence-electron chi connectivity index (χ4n) is 3.48. The summed E-state index contributed by atoms with van der Waals surface area (Å²) in [6.45, 7) is 10.5. The maximum absolute atomic E-state index is 12.1. The van der Waals surface area contributed by atoms with Crippen LogP contribution in [-0.4, -0.2) is 64.1 Å². The van der Waals surface area contributed by atoms with Crippen molar-refractivity contribution in [3.63, 3.8) is 0 Å². The predicted octanol–water partition coefficient (Wildman–Crippen LogP) is 4.56. The third-order valence-corrected chi connectivity index (χ3v) is 5.17. The Balaban J connectivity index is 0.000000274. The van der Waals surface area contributed by atoms with Crippen LogP contribution < -0.4 is 5.32 Å². The van der Waals surface area contributed by atoms with Crippen LogP contribution in [0.3, 0.4) is 0 Å². The molecule has 1 heterocycles. The molecular weight excluding hydrogens is 504 g/mol. The highest BCUT2D eigenvalue weighted by Crippen LogP contribution is 2.20. The fourth-order valence-corrected chi connectivity index (χ4v) is 3.48. The highest BCUT2D eigenvalue weighted by molar-refractivity contribution is 5.84. The van der Waals surface area contributed by atoms with E-state index in [1.54, 1.807) is 41.5 Å². The van der Waals surface area contributed by atoms with Gasteiger partial charge >= 0.3 is 24.1 Å². The topological polar surface area (TPSA) is 131 Å². The summed E-state index contributed by atoms with van der Waals surface area (Å²) in [6, 6.07) is 17.0. The van der Waals surface area contributed by atoms with Gasteiger partial charge in [-0.15, -0.1) is 0 Å². The molecule has 0 aliphatic carbocycles. The van der Waals surface area contributed by atoms with E-state index in [0.29, 0.717) is 6.42 Å². The third-order valence-electron chi connectivity index (χ3n) is 5.17. The molecule has 0 saturated carbocycles. The van der Waals surface area contributed by atoms with Crippen LogP contribution >= 0.6 is 0 Å². The summed E-state index contributed by atoms with van der Waals surface area (Å²) in [7, 11) is 0. The zero-order valence-electron chi connectivity index (χ0n) is 23.3. The van der Waals surface area contributed by atoms with Crippen LogP contribution in [0.5, 0.6) is 0 Å². The van der Waals surface area contributed by atoms with E-state index >= 15 is 0 Å². The van der Waals surface area contributed by atoms with Crippen molar-refractivity contribution in [1.82, 2.24) is 10.2 Å². The molecule has 1 aliphatic rings. The Labute approximate surface area is 229 Å². The van der Waals surface area contributed by atoms with Gasteiger partial charge in [0.25, 0.3) is 0 Å². The summed E-state index contributed by atoms with van der Waals surface area (Å²) in [5, 5.41) is 11.5. The number of cyclic esters (lactones) is 1. The number of esters is 1. The number of rotatable bonds is 6. The zero-order chi connectivity index (χ0) is 29.2. The summed E-state index contributed by atoms with van der Waals surface area (Å²) in [5.74, 6) is -1.48. The van der Waals surface area contributed by atoms with Crippen molar-refractivity contribution >= 4 is 24.1 Å². The van der Waals surface area contributed by atoms with E-state index in [-0.39, 0.29) is 19.1 Å². The maximum Gasteiger partial charge on any atom is 0.413 e. The highest BCUT2D eigenvalue weighted by atomic mass is 16.6. The van der Waals surface area contributed by atoms with E-state index in [9.17, 15) is 19.2 Å². The number of benzene rings is 2. The Morgan fingerprint density at radius 3 is 1.92 bits per heavy atom. The van der Waals surface area contributed by atoms with Crippen LogP contribution in [0, 0.1) is 0 Å². The van der Waals surface area contributed by atoms with E-state index in [4.69, 9.17) is 19.3 Å². The first-order valence-corrected chi connectivity index (χ1v) is 12.6. The van der Waals surface area contributed by atoms with Crippen molar-refractivity contribution in [3.8, 4) is 0 Å². The largest absolute Gasteiger partial charge is 0.480 e. The number of alkyl carbamates (subject to hydrolysis) is 1. The van der Waals surface area contributed by atoms with Crippen LogP contribution in [0.4, 0.5) is 9.59 Å². The van der Waals surface area contributed by atoms with Gasteiger partial charge in [0.05, 0.1) is 0 Å². The van der Waals surface area contributed by atoms with Gasteiger partial charge in [0.1, 0.15) is 23.3 Å². The number of carbonyl (C=O) groups excluding carboxylic acids is 3. The molecule has 39 heavy (non-hydrogen) atoms. The van der Waals surface area contributed by atoms with Crippen molar-refractivity contribution < 1.29 is 38.5 Å². The molecule has 0 aromatic heterocycles. The first kappa shape index (κ1) is 31.1. The number of nitrogens with zero attached hydrogens (tertiary/aromatic N) is 1. The first-order chi connectivity index (χ1) is 18.1. The molecule has 1 saturated heterocycles. The van der Waals surface area contributed by atoms with Crippen molar-refractivity contribution in [1.29, 1.82) is 0 Å². The summed E-state index contributed by atoms with van der Waals surface area (Å²) in [4.78, 5) is 47.9. The lowest BCUT2D eigenvalue weighted by molar-refractivity contribution is -0.140. The predicted molar refractivity (Wildman–Crippen MR) is 144 cm³/mol. The minimum Gasteiger partial charge on any atom is -0.480 e. The second-order valence-electron chi connectivity index (χ2n) is 11.0. The summed E-state index contributed by atoms with van der Waals surface area (Å²) in [5.41, 5.74) is 0.566. The smallest absolute Gasteiger partial charge is 0.413 e. The number of aliphatic carboxylic acids is 1. The Hall–Kier alpha value is -4.08. The minimum atomic E-state index is -1.09. The Kier molecular flexibility index (Phi) is 10.9. The highest BCUT2D eigenvalue weighted by Gasteiger charge is 2.39. The standard InChI is InChI=1S/C15H19NO4.C14H19NO4/c1-15(2,3)20-14(18)16-10-19-13(17)12(16)9-11-7-5-4-6-8-11;1-14(2,3)19-13(18)15-11(12(16)17)9-10-7-5-4-6-8-10/h4-8,12H,9-10H2,1-3H3;4-8,11H,9H2,1-3H3,(H,15,18)(H,16,17)/t12-;11-/m00/s1. The number of carbonyl (C=O) groups is 4. The molecule has 10 heteroatoms. The summed E-state index contributed by atoms with van der Waals surface area (Å²) >= 11 is 0. The number of carboxylic acid groups (broad SMARTS) is 1. The average Bonchev–Trinajstić information content (AvgIpc) is 3.18. The molecule has 212 valence electrons. The lowest BCUT2D eigenvalue weighted by Crippen LogP contribution is -2.44. The normalized spacial score (nSPS) is 15.8. The number of amides is 2. The van der Waals surface area contributed by atoms with Gasteiger partial charge in [0.15, 0.2) is 6.73 Å². The van der Waals surface area contributed by atoms with E-state index < -0.39 is 41.4 Å². The monoisotopic (exact) mass is 542 g/mol. The van der Waals surface area contributed by atoms with Crippen LogP contribution in [0.1, 0.15) is 52.7 Å².